The van der Waals surface area contributed by atoms with Gasteiger partial charge in [0.2, 0.25) is 0 Å². The highest BCUT2D eigenvalue weighted by molar-refractivity contribution is 7.26. The van der Waals surface area contributed by atoms with Crippen LogP contribution in [-0.2, 0) is 0 Å². The summed E-state index contributed by atoms with van der Waals surface area (Å²) in [7, 11) is 0. The molecule has 0 spiro atoms. The molecule has 0 aliphatic heterocycles. The monoisotopic (exact) mass is 603 g/mol. The summed E-state index contributed by atoms with van der Waals surface area (Å²) in [5, 5.41) is 7.72. The molecule has 9 rings (SSSR count). The summed E-state index contributed by atoms with van der Waals surface area (Å²) in [6, 6.07) is 63.9. The minimum Gasteiger partial charge on any atom is -0.310 e. The molecule has 1 aromatic heterocycles. The van der Waals surface area contributed by atoms with Gasteiger partial charge in [-0.05, 0) is 92.3 Å². The standard InChI is InChI=1S/C44H29NS/c1-2-10-30(11-3-1)34-14-8-15-36(28-34)45(35-24-20-32(21-25-35)39-18-9-13-31-12-4-5-16-38(31)39)37-26-22-33-23-27-43-44(41(33)29-37)40-17-6-7-19-42(40)46-43/h1-29H. The van der Waals surface area contributed by atoms with Gasteiger partial charge >= 0.3 is 0 Å². The maximum absolute atomic E-state index is 2.39. The molecule has 0 aliphatic rings. The van der Waals surface area contributed by atoms with Crippen molar-refractivity contribution >= 4 is 70.1 Å². The molecule has 0 N–H and O–H groups in total. The van der Waals surface area contributed by atoms with Crippen molar-refractivity contribution in [2.24, 2.45) is 0 Å². The summed E-state index contributed by atoms with van der Waals surface area (Å²) in [5.41, 5.74) is 8.25. The predicted octanol–water partition coefficient (Wildman–Crippen LogP) is 13.2. The van der Waals surface area contributed by atoms with E-state index in [1.165, 1.54) is 64.0 Å². The lowest BCUT2D eigenvalue weighted by atomic mass is 9.98. The summed E-state index contributed by atoms with van der Waals surface area (Å²) in [6.45, 7) is 0. The highest BCUT2D eigenvalue weighted by Crippen LogP contribution is 2.43. The van der Waals surface area contributed by atoms with E-state index in [1.54, 1.807) is 0 Å². The summed E-state index contributed by atoms with van der Waals surface area (Å²) >= 11 is 1.87. The zero-order valence-electron chi connectivity index (χ0n) is 25.1. The van der Waals surface area contributed by atoms with E-state index in [1.807, 2.05) is 11.3 Å². The molecule has 8 aromatic carbocycles. The van der Waals surface area contributed by atoms with Gasteiger partial charge in [-0.15, -0.1) is 11.3 Å². The van der Waals surface area contributed by atoms with Crippen molar-refractivity contribution in [3.8, 4) is 22.3 Å². The van der Waals surface area contributed by atoms with Crippen LogP contribution >= 0.6 is 11.3 Å². The van der Waals surface area contributed by atoms with Crippen molar-refractivity contribution in [1.29, 1.82) is 0 Å². The highest BCUT2D eigenvalue weighted by atomic mass is 32.1. The Kier molecular flexibility index (Phi) is 6.40. The molecule has 0 unspecified atom stereocenters. The van der Waals surface area contributed by atoms with Gasteiger partial charge in [-0.25, -0.2) is 0 Å². The number of thiophene rings is 1. The van der Waals surface area contributed by atoms with Crippen LogP contribution in [0, 0.1) is 0 Å². The maximum atomic E-state index is 2.39. The number of hydrogen-bond donors (Lipinski definition) is 0. The lowest BCUT2D eigenvalue weighted by Gasteiger charge is -2.27. The van der Waals surface area contributed by atoms with Gasteiger partial charge in [0, 0.05) is 37.2 Å². The van der Waals surface area contributed by atoms with Crippen molar-refractivity contribution in [2.75, 3.05) is 4.90 Å². The van der Waals surface area contributed by atoms with Gasteiger partial charge in [-0.1, -0.05) is 127 Å². The van der Waals surface area contributed by atoms with E-state index >= 15 is 0 Å². The molecule has 9 aromatic rings. The van der Waals surface area contributed by atoms with Crippen LogP contribution in [-0.4, -0.2) is 0 Å². The first-order valence-electron chi connectivity index (χ1n) is 15.7. The lowest BCUT2D eigenvalue weighted by Crippen LogP contribution is -2.10. The molecular weight excluding hydrogens is 575 g/mol. The molecule has 1 heterocycles. The summed E-state index contributed by atoms with van der Waals surface area (Å²) < 4.78 is 2.65. The Bertz CT molecular complexity index is 2520. The van der Waals surface area contributed by atoms with Gasteiger partial charge in [0.25, 0.3) is 0 Å². The second kappa shape index (κ2) is 11.0. The maximum Gasteiger partial charge on any atom is 0.0468 e. The number of hydrogen-bond acceptors (Lipinski definition) is 2. The molecule has 0 saturated carbocycles. The van der Waals surface area contributed by atoms with Gasteiger partial charge in [-0.3, -0.25) is 0 Å². The van der Waals surface area contributed by atoms with Crippen LogP contribution in [0.4, 0.5) is 17.1 Å². The van der Waals surface area contributed by atoms with Crippen molar-refractivity contribution < 1.29 is 0 Å². The quantitative estimate of drug-likeness (QED) is 0.189. The van der Waals surface area contributed by atoms with E-state index in [-0.39, 0.29) is 0 Å². The van der Waals surface area contributed by atoms with Crippen LogP contribution < -0.4 is 4.90 Å². The van der Waals surface area contributed by atoms with Gasteiger partial charge in [-0.2, -0.15) is 0 Å². The molecule has 0 bridgehead atoms. The van der Waals surface area contributed by atoms with E-state index in [0.29, 0.717) is 0 Å². The summed E-state index contributed by atoms with van der Waals surface area (Å²) in [6.07, 6.45) is 0. The smallest absolute Gasteiger partial charge is 0.0468 e. The number of nitrogens with zero attached hydrogens (tertiary/aromatic N) is 1. The van der Waals surface area contributed by atoms with Crippen molar-refractivity contribution in [3.63, 3.8) is 0 Å². The Morgan fingerprint density at radius 3 is 1.89 bits per heavy atom. The van der Waals surface area contributed by atoms with Crippen LogP contribution in [0.1, 0.15) is 0 Å². The lowest BCUT2D eigenvalue weighted by molar-refractivity contribution is 1.29. The Morgan fingerprint density at radius 2 is 1.00 bits per heavy atom. The van der Waals surface area contributed by atoms with Crippen LogP contribution in [0.25, 0.3) is 64.0 Å². The molecule has 2 heteroatoms. The van der Waals surface area contributed by atoms with Gasteiger partial charge < -0.3 is 4.90 Å². The molecule has 1 nitrogen and oxygen atoms in total. The van der Waals surface area contributed by atoms with E-state index in [9.17, 15) is 0 Å². The molecule has 0 aliphatic carbocycles. The number of fused-ring (bicyclic) bond motifs is 6. The van der Waals surface area contributed by atoms with Crippen LogP contribution in [0.2, 0.25) is 0 Å². The first kappa shape index (κ1) is 26.7. The van der Waals surface area contributed by atoms with E-state index in [2.05, 4.69) is 181 Å². The fraction of sp³-hybridized carbons (Fsp3) is 0. The molecule has 216 valence electrons. The van der Waals surface area contributed by atoms with Crippen LogP contribution in [0.15, 0.2) is 176 Å². The van der Waals surface area contributed by atoms with Crippen LogP contribution in [0.5, 0.6) is 0 Å². The Morgan fingerprint density at radius 1 is 0.348 bits per heavy atom. The second-order valence-electron chi connectivity index (χ2n) is 11.8. The third kappa shape index (κ3) is 4.54. The topological polar surface area (TPSA) is 3.24 Å². The average molecular weight is 604 g/mol. The summed E-state index contributed by atoms with van der Waals surface area (Å²) in [4.78, 5) is 2.39. The SMILES string of the molecule is c1ccc(-c2cccc(N(c3ccc(-c4cccc5ccccc45)cc3)c3ccc4ccc5sc6ccccc6c5c4c3)c2)cc1. The molecule has 0 amide bonds. The Hall–Kier alpha value is -5.70. The van der Waals surface area contributed by atoms with Crippen molar-refractivity contribution in [2.45, 2.75) is 0 Å². The Labute approximate surface area is 272 Å². The molecule has 0 saturated heterocycles. The van der Waals surface area contributed by atoms with Crippen molar-refractivity contribution in [3.05, 3.63) is 176 Å². The average Bonchev–Trinajstić information content (AvgIpc) is 3.52. The third-order valence-corrected chi connectivity index (χ3v) is 10.2. The molecule has 0 atom stereocenters. The minimum absolute atomic E-state index is 1.12. The fourth-order valence-corrected chi connectivity index (χ4v) is 7.96. The zero-order chi connectivity index (χ0) is 30.5. The zero-order valence-corrected chi connectivity index (χ0v) is 25.9. The van der Waals surface area contributed by atoms with E-state index in [0.717, 1.165) is 17.1 Å². The largest absolute Gasteiger partial charge is 0.310 e. The van der Waals surface area contributed by atoms with Gasteiger partial charge in [0.1, 0.15) is 0 Å². The minimum atomic E-state index is 1.12. The number of benzene rings is 8. The summed E-state index contributed by atoms with van der Waals surface area (Å²) in [5.74, 6) is 0. The Balaban J connectivity index is 1.23. The number of anilines is 3. The van der Waals surface area contributed by atoms with Crippen LogP contribution in [0.3, 0.4) is 0 Å². The first-order valence-corrected chi connectivity index (χ1v) is 16.5. The first-order chi connectivity index (χ1) is 22.8. The molecule has 46 heavy (non-hydrogen) atoms. The van der Waals surface area contributed by atoms with Gasteiger partial charge in [0.05, 0.1) is 0 Å². The van der Waals surface area contributed by atoms with Gasteiger partial charge in [0.15, 0.2) is 0 Å². The third-order valence-electron chi connectivity index (χ3n) is 9.04. The molecule has 0 fully saturated rings. The molecule has 0 radical (unpaired) electrons. The predicted molar refractivity (Wildman–Crippen MR) is 200 cm³/mol. The van der Waals surface area contributed by atoms with Crippen molar-refractivity contribution in [1.82, 2.24) is 0 Å². The fourth-order valence-electron chi connectivity index (χ4n) is 6.84. The second-order valence-corrected chi connectivity index (χ2v) is 12.9. The van der Waals surface area contributed by atoms with E-state index in [4.69, 9.17) is 0 Å². The van der Waals surface area contributed by atoms with E-state index < -0.39 is 0 Å². The highest BCUT2D eigenvalue weighted by Gasteiger charge is 2.17. The normalized spacial score (nSPS) is 11.5. The molecular formula is C44H29NS. The number of rotatable bonds is 5.